The Labute approximate surface area is 113 Å². The first-order chi connectivity index (χ1) is 8.75. The summed E-state index contributed by atoms with van der Waals surface area (Å²) in [5.74, 6) is 0.138. The van der Waals surface area contributed by atoms with Gasteiger partial charge in [0.2, 0.25) is 0 Å². The van der Waals surface area contributed by atoms with Crippen molar-refractivity contribution in [1.82, 2.24) is 5.32 Å². The molecule has 1 fully saturated rings. The van der Waals surface area contributed by atoms with Gasteiger partial charge < -0.3 is 5.11 Å². The molecule has 2 unspecified atom stereocenters. The number of nitrogens with one attached hydrogen (secondary N) is 1. The Kier molecular flexibility index (Phi) is 3.28. The topological polar surface area (TPSA) is 49.3 Å². The SMILES string of the molecule is O=C(O)C1CCSC(c2csc3ccccc23)N1. The molecule has 0 spiro atoms. The fourth-order valence-electron chi connectivity index (χ4n) is 2.19. The van der Waals surface area contributed by atoms with E-state index in [2.05, 4.69) is 22.8 Å². The highest BCUT2D eigenvalue weighted by Gasteiger charge is 2.28. The van der Waals surface area contributed by atoms with Gasteiger partial charge in [0.25, 0.3) is 0 Å². The minimum atomic E-state index is -0.750. The summed E-state index contributed by atoms with van der Waals surface area (Å²) in [4.78, 5) is 11.1. The van der Waals surface area contributed by atoms with Gasteiger partial charge in [-0.15, -0.1) is 23.1 Å². The second-order valence-electron chi connectivity index (χ2n) is 4.28. The molecular weight excluding hydrogens is 266 g/mol. The molecule has 3 nitrogen and oxygen atoms in total. The Hall–Kier alpha value is -1.04. The standard InChI is InChI=1S/C13H13NO2S2/c15-13(16)10-5-6-17-12(14-10)9-7-18-11-4-2-1-3-8(9)11/h1-4,7,10,12,14H,5-6H2,(H,15,16). The highest BCUT2D eigenvalue weighted by atomic mass is 32.2. The monoisotopic (exact) mass is 279 g/mol. The van der Waals surface area contributed by atoms with Gasteiger partial charge >= 0.3 is 5.97 Å². The van der Waals surface area contributed by atoms with Crippen LogP contribution in [0, 0.1) is 0 Å². The van der Waals surface area contributed by atoms with Crippen molar-refractivity contribution in [1.29, 1.82) is 0 Å². The van der Waals surface area contributed by atoms with Gasteiger partial charge in [0.1, 0.15) is 6.04 Å². The molecule has 1 aromatic carbocycles. The zero-order valence-electron chi connectivity index (χ0n) is 9.63. The molecule has 2 heterocycles. The Morgan fingerprint density at radius 1 is 1.39 bits per heavy atom. The van der Waals surface area contributed by atoms with E-state index in [0.29, 0.717) is 6.42 Å². The minimum Gasteiger partial charge on any atom is -0.480 e. The van der Waals surface area contributed by atoms with Crippen molar-refractivity contribution in [3.05, 3.63) is 35.2 Å². The van der Waals surface area contributed by atoms with Crippen molar-refractivity contribution in [2.45, 2.75) is 17.8 Å². The van der Waals surface area contributed by atoms with E-state index in [0.717, 1.165) is 5.75 Å². The second kappa shape index (κ2) is 4.91. The molecule has 0 amide bonds. The Balaban J connectivity index is 1.92. The van der Waals surface area contributed by atoms with Crippen LogP contribution >= 0.6 is 23.1 Å². The first-order valence-corrected chi connectivity index (χ1v) is 7.75. The van der Waals surface area contributed by atoms with E-state index in [1.807, 2.05) is 12.1 Å². The zero-order chi connectivity index (χ0) is 12.5. The van der Waals surface area contributed by atoms with Gasteiger partial charge in [-0.05, 0) is 34.6 Å². The van der Waals surface area contributed by atoms with Gasteiger partial charge in [-0.1, -0.05) is 18.2 Å². The lowest BCUT2D eigenvalue weighted by atomic mass is 10.1. The van der Waals surface area contributed by atoms with Crippen molar-refractivity contribution in [2.24, 2.45) is 0 Å². The van der Waals surface area contributed by atoms with Crippen LogP contribution < -0.4 is 5.32 Å². The van der Waals surface area contributed by atoms with E-state index in [1.165, 1.54) is 15.6 Å². The van der Waals surface area contributed by atoms with Gasteiger partial charge in [-0.2, -0.15) is 0 Å². The fourth-order valence-corrected chi connectivity index (χ4v) is 4.51. The summed E-state index contributed by atoms with van der Waals surface area (Å²) < 4.78 is 1.26. The molecule has 5 heteroatoms. The van der Waals surface area contributed by atoms with E-state index >= 15 is 0 Å². The van der Waals surface area contributed by atoms with Crippen LogP contribution in [0.1, 0.15) is 17.4 Å². The number of rotatable bonds is 2. The van der Waals surface area contributed by atoms with Crippen LogP contribution in [0.25, 0.3) is 10.1 Å². The van der Waals surface area contributed by atoms with Crippen LogP contribution in [0.2, 0.25) is 0 Å². The third kappa shape index (κ3) is 2.13. The molecule has 0 radical (unpaired) electrons. The van der Waals surface area contributed by atoms with Crippen LogP contribution in [0.3, 0.4) is 0 Å². The highest BCUT2D eigenvalue weighted by molar-refractivity contribution is 7.99. The lowest BCUT2D eigenvalue weighted by Gasteiger charge is -2.28. The summed E-state index contributed by atoms with van der Waals surface area (Å²) in [5, 5.41) is 15.8. The first kappa shape index (κ1) is 12.0. The Morgan fingerprint density at radius 2 is 2.22 bits per heavy atom. The van der Waals surface area contributed by atoms with Crippen LogP contribution in [0.4, 0.5) is 0 Å². The average Bonchev–Trinajstić information content (AvgIpc) is 2.82. The number of thioether (sulfide) groups is 1. The quantitative estimate of drug-likeness (QED) is 0.887. The summed E-state index contributed by atoms with van der Waals surface area (Å²) >= 11 is 3.51. The molecule has 1 aliphatic rings. The number of hydrogen-bond acceptors (Lipinski definition) is 4. The van der Waals surface area contributed by atoms with E-state index in [1.54, 1.807) is 23.1 Å². The van der Waals surface area contributed by atoms with Crippen molar-refractivity contribution >= 4 is 39.2 Å². The summed E-state index contributed by atoms with van der Waals surface area (Å²) in [6.45, 7) is 0. The number of thiophene rings is 1. The Bertz CT molecular complexity index is 581. The number of hydrogen-bond donors (Lipinski definition) is 2. The minimum absolute atomic E-state index is 0.0935. The van der Waals surface area contributed by atoms with Gasteiger partial charge in [0.05, 0.1) is 5.37 Å². The lowest BCUT2D eigenvalue weighted by Crippen LogP contribution is -2.41. The predicted molar refractivity (Wildman–Crippen MR) is 76.2 cm³/mol. The van der Waals surface area contributed by atoms with Crippen molar-refractivity contribution in [3.63, 3.8) is 0 Å². The number of carboxylic acid groups (broad SMARTS) is 1. The molecule has 2 N–H and O–H groups in total. The molecule has 2 atom stereocenters. The van der Waals surface area contributed by atoms with Crippen molar-refractivity contribution < 1.29 is 9.90 Å². The largest absolute Gasteiger partial charge is 0.480 e. The molecule has 2 aromatic rings. The van der Waals surface area contributed by atoms with E-state index in [9.17, 15) is 4.79 Å². The second-order valence-corrected chi connectivity index (χ2v) is 6.41. The van der Waals surface area contributed by atoms with Crippen LogP contribution in [-0.2, 0) is 4.79 Å². The molecular formula is C13H13NO2S2. The molecule has 3 rings (SSSR count). The maximum Gasteiger partial charge on any atom is 0.320 e. The van der Waals surface area contributed by atoms with Gasteiger partial charge in [0.15, 0.2) is 0 Å². The molecule has 0 saturated carbocycles. The van der Waals surface area contributed by atoms with Crippen LogP contribution in [0.15, 0.2) is 29.6 Å². The van der Waals surface area contributed by atoms with E-state index in [-0.39, 0.29) is 5.37 Å². The molecule has 0 bridgehead atoms. The van der Waals surface area contributed by atoms with E-state index < -0.39 is 12.0 Å². The van der Waals surface area contributed by atoms with Crippen molar-refractivity contribution in [2.75, 3.05) is 5.75 Å². The lowest BCUT2D eigenvalue weighted by molar-refractivity contribution is -0.139. The fraction of sp³-hybridized carbons (Fsp3) is 0.308. The zero-order valence-corrected chi connectivity index (χ0v) is 11.3. The number of carboxylic acids is 1. The summed E-state index contributed by atoms with van der Waals surface area (Å²) in [6, 6.07) is 7.85. The number of benzene rings is 1. The molecule has 0 aliphatic carbocycles. The maximum atomic E-state index is 11.1. The Morgan fingerprint density at radius 3 is 3.06 bits per heavy atom. The van der Waals surface area contributed by atoms with Crippen LogP contribution in [-0.4, -0.2) is 22.9 Å². The third-order valence-electron chi connectivity index (χ3n) is 3.14. The number of carbonyl (C=O) groups is 1. The predicted octanol–water partition coefficient (Wildman–Crippen LogP) is 3.08. The molecule has 94 valence electrons. The number of aliphatic carboxylic acids is 1. The van der Waals surface area contributed by atoms with Gasteiger partial charge in [-0.3, -0.25) is 10.1 Å². The normalized spacial score (nSPS) is 24.2. The number of fused-ring (bicyclic) bond motifs is 1. The molecule has 18 heavy (non-hydrogen) atoms. The average molecular weight is 279 g/mol. The third-order valence-corrected chi connectivity index (χ3v) is 5.31. The van der Waals surface area contributed by atoms with E-state index in [4.69, 9.17) is 5.11 Å². The molecule has 1 aliphatic heterocycles. The molecule has 1 aromatic heterocycles. The van der Waals surface area contributed by atoms with Gasteiger partial charge in [0, 0.05) is 4.70 Å². The van der Waals surface area contributed by atoms with Gasteiger partial charge in [-0.25, -0.2) is 0 Å². The summed E-state index contributed by atoms with van der Waals surface area (Å²) in [7, 11) is 0. The first-order valence-electron chi connectivity index (χ1n) is 5.82. The highest BCUT2D eigenvalue weighted by Crippen LogP contribution is 2.38. The summed E-state index contributed by atoms with van der Waals surface area (Å²) in [5.41, 5.74) is 1.21. The smallest absolute Gasteiger partial charge is 0.320 e. The van der Waals surface area contributed by atoms with Crippen molar-refractivity contribution in [3.8, 4) is 0 Å². The summed E-state index contributed by atoms with van der Waals surface area (Å²) in [6.07, 6.45) is 0.693. The van der Waals surface area contributed by atoms with Crippen LogP contribution in [0.5, 0.6) is 0 Å². The maximum absolute atomic E-state index is 11.1. The molecule has 1 saturated heterocycles.